The minimum absolute atomic E-state index is 0.196. The summed E-state index contributed by atoms with van der Waals surface area (Å²) in [6.07, 6.45) is 0.810. The van der Waals surface area contributed by atoms with Crippen LogP contribution in [0, 0.1) is 5.92 Å². The van der Waals surface area contributed by atoms with E-state index in [-0.39, 0.29) is 6.09 Å². The molecule has 2 unspecified atom stereocenters. The number of nitrogens with zero attached hydrogens (tertiary/aromatic N) is 1. The van der Waals surface area contributed by atoms with Crippen molar-refractivity contribution < 1.29 is 9.53 Å². The zero-order chi connectivity index (χ0) is 16.2. The van der Waals surface area contributed by atoms with Gasteiger partial charge in [-0.2, -0.15) is 0 Å². The molecule has 1 aliphatic rings. The Balaban J connectivity index is 2.02. The summed E-state index contributed by atoms with van der Waals surface area (Å²) in [7, 11) is 0. The summed E-state index contributed by atoms with van der Waals surface area (Å²) < 4.78 is 5.48. The molecule has 4 heteroatoms. The van der Waals surface area contributed by atoms with Crippen molar-refractivity contribution in [2.45, 2.75) is 45.8 Å². The third-order valence-corrected chi connectivity index (χ3v) is 3.93. The van der Waals surface area contributed by atoms with Crippen LogP contribution in [0.4, 0.5) is 4.79 Å². The van der Waals surface area contributed by atoms with Crippen LogP contribution < -0.4 is 5.32 Å². The van der Waals surface area contributed by atoms with Gasteiger partial charge in [0.05, 0.1) is 0 Å². The molecule has 122 valence electrons. The second kappa shape index (κ2) is 7.14. The van der Waals surface area contributed by atoms with E-state index in [4.69, 9.17) is 4.74 Å². The predicted molar refractivity (Wildman–Crippen MR) is 88.8 cm³/mol. The maximum atomic E-state index is 12.2. The molecule has 4 nitrogen and oxygen atoms in total. The first-order valence-electron chi connectivity index (χ1n) is 8.17. The van der Waals surface area contributed by atoms with Crippen molar-refractivity contribution in [1.29, 1.82) is 0 Å². The van der Waals surface area contributed by atoms with Gasteiger partial charge in [-0.25, -0.2) is 4.79 Å². The number of likely N-dealkylation sites (tertiary alicyclic amines) is 1. The summed E-state index contributed by atoms with van der Waals surface area (Å²) in [5.41, 5.74) is 0.857. The van der Waals surface area contributed by atoms with E-state index in [9.17, 15) is 4.79 Å². The van der Waals surface area contributed by atoms with Crippen LogP contribution in [0.15, 0.2) is 30.3 Å². The van der Waals surface area contributed by atoms with Gasteiger partial charge in [-0.1, -0.05) is 37.3 Å². The first-order valence-corrected chi connectivity index (χ1v) is 8.17. The first kappa shape index (κ1) is 16.8. The molecule has 1 heterocycles. The van der Waals surface area contributed by atoms with E-state index in [1.54, 1.807) is 0 Å². The number of hydrogen-bond donors (Lipinski definition) is 1. The highest BCUT2D eigenvalue weighted by molar-refractivity contribution is 5.68. The van der Waals surface area contributed by atoms with Crippen LogP contribution >= 0.6 is 0 Å². The third-order valence-electron chi connectivity index (χ3n) is 3.93. The average molecular weight is 304 g/mol. The topological polar surface area (TPSA) is 41.6 Å². The van der Waals surface area contributed by atoms with Crippen molar-refractivity contribution in [3.05, 3.63) is 35.9 Å². The first-order chi connectivity index (χ1) is 10.4. The number of rotatable bonds is 4. The van der Waals surface area contributed by atoms with Crippen molar-refractivity contribution in [2.75, 3.05) is 19.6 Å². The zero-order valence-electron chi connectivity index (χ0n) is 14.1. The van der Waals surface area contributed by atoms with Gasteiger partial charge in [0.1, 0.15) is 5.60 Å². The van der Waals surface area contributed by atoms with Crippen molar-refractivity contribution in [3.63, 3.8) is 0 Å². The van der Waals surface area contributed by atoms with Crippen molar-refractivity contribution >= 4 is 6.09 Å². The normalized spacial score (nSPS) is 20.0. The molecule has 1 aromatic rings. The van der Waals surface area contributed by atoms with Crippen LogP contribution in [-0.4, -0.2) is 36.2 Å². The lowest BCUT2D eigenvalue weighted by Crippen LogP contribution is -2.36. The lowest BCUT2D eigenvalue weighted by molar-refractivity contribution is 0.0285. The Hall–Kier alpha value is -1.55. The Kier molecular flexibility index (Phi) is 5.46. The lowest BCUT2D eigenvalue weighted by atomic mass is 9.92. The fraction of sp³-hybridized carbons (Fsp3) is 0.611. The molecule has 22 heavy (non-hydrogen) atoms. The number of hydrogen-bond acceptors (Lipinski definition) is 3. The highest BCUT2D eigenvalue weighted by Gasteiger charge is 2.34. The second-order valence-electron chi connectivity index (χ2n) is 6.92. The minimum atomic E-state index is -0.435. The van der Waals surface area contributed by atoms with E-state index < -0.39 is 5.60 Å². The summed E-state index contributed by atoms with van der Waals surface area (Å²) in [6, 6.07) is 10.8. The number of carbonyl (C=O) groups excluding carboxylic acids is 1. The average Bonchev–Trinajstić information content (AvgIpc) is 2.93. The van der Waals surface area contributed by atoms with Crippen molar-refractivity contribution in [3.8, 4) is 0 Å². The van der Waals surface area contributed by atoms with Gasteiger partial charge in [0, 0.05) is 19.1 Å². The molecule has 0 aromatic heterocycles. The third kappa shape index (κ3) is 4.47. The van der Waals surface area contributed by atoms with E-state index in [1.165, 1.54) is 5.56 Å². The van der Waals surface area contributed by atoms with Gasteiger partial charge >= 0.3 is 6.09 Å². The Labute approximate surface area is 133 Å². The molecule has 0 radical (unpaired) electrons. The quantitative estimate of drug-likeness (QED) is 0.924. The summed E-state index contributed by atoms with van der Waals surface area (Å²) in [5, 5.41) is 3.57. The molecule has 2 atom stereocenters. The Morgan fingerprint density at radius 3 is 2.64 bits per heavy atom. The Morgan fingerprint density at radius 2 is 2.05 bits per heavy atom. The van der Waals surface area contributed by atoms with Gasteiger partial charge in [0.25, 0.3) is 0 Å². The van der Waals surface area contributed by atoms with E-state index in [0.717, 1.165) is 26.1 Å². The highest BCUT2D eigenvalue weighted by atomic mass is 16.6. The number of benzene rings is 1. The molecule has 0 aliphatic carbocycles. The second-order valence-corrected chi connectivity index (χ2v) is 6.92. The summed E-state index contributed by atoms with van der Waals surface area (Å²) in [4.78, 5) is 14.0. The molecule has 1 aliphatic heterocycles. The fourth-order valence-corrected chi connectivity index (χ4v) is 2.99. The van der Waals surface area contributed by atoms with E-state index in [0.29, 0.717) is 12.0 Å². The van der Waals surface area contributed by atoms with Crippen molar-refractivity contribution in [2.24, 2.45) is 5.92 Å². The minimum Gasteiger partial charge on any atom is -0.444 e. The number of nitrogens with one attached hydrogen (secondary N) is 1. The number of amides is 1. The van der Waals surface area contributed by atoms with Gasteiger partial charge in [-0.15, -0.1) is 0 Å². The van der Waals surface area contributed by atoms with Gasteiger partial charge in [-0.05, 0) is 45.2 Å². The van der Waals surface area contributed by atoms with Gasteiger partial charge in [0.15, 0.2) is 0 Å². The van der Waals surface area contributed by atoms with Crippen molar-refractivity contribution in [1.82, 2.24) is 10.2 Å². The highest BCUT2D eigenvalue weighted by Crippen LogP contribution is 2.30. The standard InChI is InChI=1S/C18H28N2O2/c1-5-19-16(14-9-7-6-8-10-14)15-11-12-20(13-15)17(21)22-18(2,3)4/h6-10,15-16,19H,5,11-13H2,1-4H3. The number of ether oxygens (including phenoxy) is 1. The summed E-state index contributed by atoms with van der Waals surface area (Å²) >= 11 is 0. The number of carbonyl (C=O) groups is 1. The monoisotopic (exact) mass is 304 g/mol. The largest absolute Gasteiger partial charge is 0.444 e. The van der Waals surface area contributed by atoms with Crippen LogP contribution in [0.5, 0.6) is 0 Å². The molecular weight excluding hydrogens is 276 g/mol. The van der Waals surface area contributed by atoms with E-state index in [1.807, 2.05) is 31.7 Å². The smallest absolute Gasteiger partial charge is 0.410 e. The zero-order valence-corrected chi connectivity index (χ0v) is 14.1. The van der Waals surface area contributed by atoms with E-state index in [2.05, 4.69) is 36.5 Å². The molecule has 1 N–H and O–H groups in total. The molecule has 0 spiro atoms. The molecule has 1 amide bonds. The summed E-state index contributed by atoms with van der Waals surface area (Å²) in [5.74, 6) is 0.426. The van der Waals surface area contributed by atoms with Gasteiger partial charge < -0.3 is 15.0 Å². The lowest BCUT2D eigenvalue weighted by Gasteiger charge is -2.27. The molecule has 0 saturated carbocycles. The SMILES string of the molecule is CCNC(c1ccccc1)C1CCN(C(=O)OC(C)(C)C)C1. The van der Waals surface area contributed by atoms with Gasteiger partial charge in [0.2, 0.25) is 0 Å². The van der Waals surface area contributed by atoms with E-state index >= 15 is 0 Å². The van der Waals surface area contributed by atoms with Crippen LogP contribution in [-0.2, 0) is 4.74 Å². The molecule has 0 bridgehead atoms. The summed E-state index contributed by atoms with van der Waals surface area (Å²) in [6.45, 7) is 10.3. The maximum Gasteiger partial charge on any atom is 0.410 e. The fourth-order valence-electron chi connectivity index (χ4n) is 2.99. The molecule has 1 fully saturated rings. The molecule has 1 aromatic carbocycles. The van der Waals surface area contributed by atoms with Crippen LogP contribution in [0.1, 0.15) is 45.7 Å². The Morgan fingerprint density at radius 1 is 1.36 bits per heavy atom. The molecule has 1 saturated heterocycles. The molecule has 2 rings (SSSR count). The predicted octanol–water partition coefficient (Wildman–Crippen LogP) is 3.59. The van der Waals surface area contributed by atoms with Crippen LogP contribution in [0.3, 0.4) is 0 Å². The maximum absolute atomic E-state index is 12.2. The van der Waals surface area contributed by atoms with Gasteiger partial charge in [-0.3, -0.25) is 0 Å². The molecular formula is C18H28N2O2. The van der Waals surface area contributed by atoms with Crippen LogP contribution in [0.25, 0.3) is 0 Å². The van der Waals surface area contributed by atoms with Crippen LogP contribution in [0.2, 0.25) is 0 Å². The Bertz CT molecular complexity index is 482.